The summed E-state index contributed by atoms with van der Waals surface area (Å²) >= 11 is 0. The molecule has 158 valence electrons. The summed E-state index contributed by atoms with van der Waals surface area (Å²) in [6.07, 6.45) is 3.46. The lowest BCUT2D eigenvalue weighted by atomic mass is 9.97. The Bertz CT molecular complexity index is 1210. The van der Waals surface area contributed by atoms with E-state index in [9.17, 15) is 22.7 Å². The second-order valence-electron chi connectivity index (χ2n) is 6.88. The van der Waals surface area contributed by atoms with Crippen LogP contribution in [0.15, 0.2) is 36.5 Å². The fourth-order valence-electron chi connectivity index (χ4n) is 3.55. The number of pyridine rings is 1. The summed E-state index contributed by atoms with van der Waals surface area (Å²) in [4.78, 5) is 15.9. The number of carbonyl (C=O) groups excluding carboxylic acids is 1. The molecule has 30 heavy (non-hydrogen) atoms. The number of phenols is 1. The van der Waals surface area contributed by atoms with Crippen molar-refractivity contribution < 1.29 is 22.7 Å². The third-order valence-corrected chi connectivity index (χ3v) is 6.11. The van der Waals surface area contributed by atoms with Crippen LogP contribution < -0.4 is 10.0 Å². The van der Waals surface area contributed by atoms with Crippen molar-refractivity contribution in [1.29, 1.82) is 0 Å². The molecule has 0 aliphatic heterocycles. The van der Waals surface area contributed by atoms with Gasteiger partial charge in [-0.1, -0.05) is 12.1 Å². The number of nitrogens with zero attached hydrogens (tertiary/aromatic N) is 2. The van der Waals surface area contributed by atoms with Crippen molar-refractivity contribution in [3.63, 3.8) is 0 Å². The number of phenolic OH excluding ortho intramolecular Hbond substituents is 1. The molecule has 2 aromatic carbocycles. The van der Waals surface area contributed by atoms with Crippen LogP contribution in [0.1, 0.15) is 34.0 Å². The number of nitrogens with two attached hydrogens (primary N) is 1. The zero-order chi connectivity index (χ0) is 22.1. The number of halogens is 1. The highest BCUT2D eigenvalue weighted by atomic mass is 32.2. The quantitative estimate of drug-likeness (QED) is 0.556. The Hall–Kier alpha value is -3.04. The van der Waals surface area contributed by atoms with Gasteiger partial charge >= 0.3 is 0 Å². The van der Waals surface area contributed by atoms with Crippen LogP contribution in [0, 0.1) is 5.82 Å². The van der Waals surface area contributed by atoms with E-state index in [0.717, 1.165) is 21.7 Å². The smallest absolute Gasteiger partial charge is 0.232 e. The predicted octanol–water partition coefficient (Wildman–Crippen LogP) is 2.73. The Labute approximate surface area is 174 Å². The average Bonchev–Trinajstić information content (AvgIpc) is 2.70. The van der Waals surface area contributed by atoms with Gasteiger partial charge in [-0.05, 0) is 42.7 Å². The third kappa shape index (κ3) is 3.99. The van der Waals surface area contributed by atoms with Crippen molar-refractivity contribution in [1.82, 2.24) is 4.98 Å². The second-order valence-corrected chi connectivity index (χ2v) is 8.79. The molecule has 1 aromatic heterocycles. The minimum atomic E-state index is -3.70. The molecule has 3 aromatic rings. The number of anilines is 1. The van der Waals surface area contributed by atoms with E-state index in [1.54, 1.807) is 25.1 Å². The van der Waals surface area contributed by atoms with E-state index in [2.05, 4.69) is 4.98 Å². The Morgan fingerprint density at radius 1 is 1.23 bits per heavy atom. The molecule has 0 amide bonds. The number of carbonyl (C=O) groups is 1. The average molecular weight is 431 g/mol. The number of aldehydes is 1. The molecule has 0 saturated carbocycles. The number of hydrogen-bond donors (Lipinski definition) is 2. The molecule has 0 aliphatic carbocycles. The van der Waals surface area contributed by atoms with E-state index < -0.39 is 10.0 Å². The first kappa shape index (κ1) is 21.7. The molecule has 0 fully saturated rings. The minimum Gasteiger partial charge on any atom is -0.505 e. The lowest BCUT2D eigenvalue weighted by Gasteiger charge is -2.26. The topological polar surface area (TPSA) is 114 Å². The van der Waals surface area contributed by atoms with Gasteiger partial charge in [0.05, 0.1) is 17.5 Å². The van der Waals surface area contributed by atoms with Crippen LogP contribution in [-0.4, -0.2) is 37.6 Å². The molecule has 0 spiro atoms. The molecular formula is C21H22FN3O4S. The number of fused-ring (bicyclic) bond motifs is 1. The van der Waals surface area contributed by atoms with Gasteiger partial charge in [-0.25, -0.2) is 12.8 Å². The van der Waals surface area contributed by atoms with Crippen LogP contribution in [0.5, 0.6) is 5.75 Å². The van der Waals surface area contributed by atoms with Crippen LogP contribution in [0.25, 0.3) is 10.9 Å². The van der Waals surface area contributed by atoms with Crippen LogP contribution >= 0.6 is 0 Å². The van der Waals surface area contributed by atoms with Gasteiger partial charge in [0, 0.05) is 30.2 Å². The maximum Gasteiger partial charge on any atom is 0.232 e. The molecule has 0 atom stereocenters. The normalized spacial score (nSPS) is 11.6. The Balaban J connectivity index is 2.31. The molecule has 0 unspecified atom stereocenters. The van der Waals surface area contributed by atoms with Gasteiger partial charge < -0.3 is 10.8 Å². The van der Waals surface area contributed by atoms with E-state index in [4.69, 9.17) is 5.73 Å². The number of rotatable bonds is 7. The largest absolute Gasteiger partial charge is 0.505 e. The van der Waals surface area contributed by atoms with E-state index in [1.165, 1.54) is 18.3 Å². The molecule has 1 heterocycles. The fraction of sp³-hybridized carbons (Fsp3) is 0.238. The van der Waals surface area contributed by atoms with E-state index in [0.29, 0.717) is 18.1 Å². The lowest BCUT2D eigenvalue weighted by molar-refractivity contribution is 0.112. The first-order valence-corrected chi connectivity index (χ1v) is 11.1. The van der Waals surface area contributed by atoms with Crippen molar-refractivity contribution in [2.75, 3.05) is 17.1 Å². The SMILES string of the molecule is CCN(c1c(CN)c(C=O)c(O)c2ncc(Cc3ccc(F)cc3)cc12)S(C)(=O)=O. The second kappa shape index (κ2) is 8.37. The first-order chi connectivity index (χ1) is 14.2. The summed E-state index contributed by atoms with van der Waals surface area (Å²) < 4.78 is 39.2. The number of aromatic hydroxyl groups is 1. The van der Waals surface area contributed by atoms with E-state index in [-0.39, 0.29) is 47.0 Å². The molecule has 3 rings (SSSR count). The zero-order valence-electron chi connectivity index (χ0n) is 16.6. The van der Waals surface area contributed by atoms with Crippen LogP contribution in [-0.2, 0) is 23.0 Å². The van der Waals surface area contributed by atoms with Gasteiger partial charge in [-0.15, -0.1) is 0 Å². The number of aromatic nitrogens is 1. The Morgan fingerprint density at radius 3 is 2.43 bits per heavy atom. The number of benzene rings is 2. The first-order valence-electron chi connectivity index (χ1n) is 9.25. The highest BCUT2D eigenvalue weighted by molar-refractivity contribution is 7.92. The maximum atomic E-state index is 13.2. The molecule has 0 saturated heterocycles. The van der Waals surface area contributed by atoms with Crippen molar-refractivity contribution in [2.24, 2.45) is 5.73 Å². The van der Waals surface area contributed by atoms with Crippen molar-refractivity contribution >= 4 is 32.9 Å². The molecule has 0 bridgehead atoms. The summed E-state index contributed by atoms with van der Waals surface area (Å²) in [6.45, 7) is 1.61. The predicted molar refractivity (Wildman–Crippen MR) is 114 cm³/mol. The molecule has 9 heteroatoms. The van der Waals surface area contributed by atoms with Crippen molar-refractivity contribution in [3.8, 4) is 5.75 Å². The highest BCUT2D eigenvalue weighted by Crippen LogP contribution is 2.40. The summed E-state index contributed by atoms with van der Waals surface area (Å²) in [6, 6.07) is 7.71. The maximum absolute atomic E-state index is 13.2. The van der Waals surface area contributed by atoms with Crippen LogP contribution in [0.4, 0.5) is 10.1 Å². The number of sulfonamides is 1. The molecule has 0 radical (unpaired) electrons. The highest BCUT2D eigenvalue weighted by Gasteiger charge is 2.26. The van der Waals surface area contributed by atoms with Gasteiger partial charge in [-0.2, -0.15) is 0 Å². The van der Waals surface area contributed by atoms with Crippen LogP contribution in [0.2, 0.25) is 0 Å². The van der Waals surface area contributed by atoms with Gasteiger partial charge in [-0.3, -0.25) is 14.1 Å². The van der Waals surface area contributed by atoms with E-state index in [1.807, 2.05) is 0 Å². The van der Waals surface area contributed by atoms with Gasteiger partial charge in [0.1, 0.15) is 11.3 Å². The van der Waals surface area contributed by atoms with Gasteiger partial charge in [0.2, 0.25) is 10.0 Å². The molecule has 3 N–H and O–H groups in total. The molecule has 7 nitrogen and oxygen atoms in total. The Morgan fingerprint density at radius 2 is 1.90 bits per heavy atom. The lowest BCUT2D eigenvalue weighted by Crippen LogP contribution is -2.31. The standard InChI is InChI=1S/C21H22FN3O4S/c1-3-25(30(2,28)29)20-16-9-14(8-13-4-6-15(22)7-5-13)11-24-19(16)21(27)18(12-26)17(20)10-23/h4-7,9,11-12,27H,3,8,10,23H2,1-2H3. The van der Waals surface area contributed by atoms with E-state index >= 15 is 0 Å². The Kier molecular flexibility index (Phi) is 6.04. The monoisotopic (exact) mass is 431 g/mol. The molecular weight excluding hydrogens is 409 g/mol. The summed E-state index contributed by atoms with van der Waals surface area (Å²) in [5.41, 5.74) is 7.89. The van der Waals surface area contributed by atoms with Crippen LogP contribution in [0.3, 0.4) is 0 Å². The van der Waals surface area contributed by atoms with Gasteiger partial charge in [0.15, 0.2) is 12.0 Å². The van der Waals surface area contributed by atoms with Crippen molar-refractivity contribution in [2.45, 2.75) is 19.9 Å². The third-order valence-electron chi connectivity index (χ3n) is 4.87. The minimum absolute atomic E-state index is 0.0825. The fourth-order valence-corrected chi connectivity index (χ4v) is 4.56. The summed E-state index contributed by atoms with van der Waals surface area (Å²) in [5, 5.41) is 11.0. The zero-order valence-corrected chi connectivity index (χ0v) is 17.4. The number of hydrogen-bond acceptors (Lipinski definition) is 6. The van der Waals surface area contributed by atoms with Crippen molar-refractivity contribution in [3.05, 3.63) is 64.6 Å². The summed E-state index contributed by atoms with van der Waals surface area (Å²) in [7, 11) is -3.70. The van der Waals surface area contributed by atoms with Gasteiger partial charge in [0.25, 0.3) is 0 Å². The molecule has 0 aliphatic rings. The summed E-state index contributed by atoms with van der Waals surface area (Å²) in [5.74, 6) is -0.689.